The Kier molecular flexibility index (Phi) is 5.61. The van der Waals surface area contributed by atoms with E-state index in [4.69, 9.17) is 19.0 Å². The van der Waals surface area contributed by atoms with E-state index in [2.05, 4.69) is 18.8 Å². The molecule has 8 heteroatoms. The minimum absolute atomic E-state index is 0.0880. The fourth-order valence-corrected chi connectivity index (χ4v) is 3.06. The van der Waals surface area contributed by atoms with Gasteiger partial charge in [0.15, 0.2) is 17.8 Å². The van der Waals surface area contributed by atoms with Crippen molar-refractivity contribution in [1.29, 1.82) is 0 Å². The number of hydrogen-bond donors (Lipinski definition) is 1. The van der Waals surface area contributed by atoms with E-state index in [9.17, 15) is 9.59 Å². The third kappa shape index (κ3) is 3.59. The van der Waals surface area contributed by atoms with Gasteiger partial charge in [0.2, 0.25) is 5.91 Å². The Hall–Kier alpha value is -1.93. The van der Waals surface area contributed by atoms with Gasteiger partial charge in [-0.15, -0.1) is 0 Å². The van der Waals surface area contributed by atoms with Crippen molar-refractivity contribution < 1.29 is 28.6 Å². The Balaban J connectivity index is 1.82. The molecule has 2 unspecified atom stereocenters. The number of oxazole rings is 1. The zero-order chi connectivity index (χ0) is 17.9. The minimum Gasteiger partial charge on any atom is -0.476 e. The van der Waals surface area contributed by atoms with Crippen LogP contribution in [0.2, 0.25) is 0 Å². The largest absolute Gasteiger partial charge is 0.476 e. The highest BCUT2D eigenvalue weighted by atomic mass is 16.5. The zero-order valence-electron chi connectivity index (χ0n) is 14.4. The van der Waals surface area contributed by atoms with Crippen molar-refractivity contribution >= 4 is 11.9 Å². The molecule has 134 valence electrons. The number of carboxylic acids is 1. The summed E-state index contributed by atoms with van der Waals surface area (Å²) < 4.78 is 15.9. The molecule has 1 heterocycles. The van der Waals surface area contributed by atoms with Gasteiger partial charge in [0.05, 0.1) is 6.10 Å². The average molecular weight is 340 g/mol. The van der Waals surface area contributed by atoms with Gasteiger partial charge < -0.3 is 23.9 Å². The lowest BCUT2D eigenvalue weighted by atomic mass is 9.64. The van der Waals surface area contributed by atoms with Crippen molar-refractivity contribution in [3.05, 3.63) is 17.8 Å². The van der Waals surface area contributed by atoms with Gasteiger partial charge in [-0.3, -0.25) is 4.79 Å². The molecule has 1 aromatic rings. The van der Waals surface area contributed by atoms with Crippen molar-refractivity contribution in [2.24, 2.45) is 5.41 Å². The molecule has 0 spiro atoms. The lowest BCUT2D eigenvalue weighted by Gasteiger charge is -2.54. The Morgan fingerprint density at radius 1 is 1.50 bits per heavy atom. The number of likely N-dealkylation sites (N-methyl/N-ethyl adjacent to an activating group) is 1. The summed E-state index contributed by atoms with van der Waals surface area (Å²) in [5, 5.41) is 8.92. The fraction of sp³-hybridized carbons (Fsp3) is 0.688. The van der Waals surface area contributed by atoms with Crippen molar-refractivity contribution in [3.63, 3.8) is 0 Å². The number of ether oxygens (including phenoxy) is 2. The van der Waals surface area contributed by atoms with Crippen LogP contribution in [0.15, 0.2) is 10.8 Å². The van der Waals surface area contributed by atoms with E-state index < -0.39 is 5.97 Å². The molecule has 1 aliphatic rings. The number of nitrogens with zero attached hydrogens (tertiary/aromatic N) is 2. The second-order valence-corrected chi connectivity index (χ2v) is 6.44. The molecule has 2 atom stereocenters. The van der Waals surface area contributed by atoms with Gasteiger partial charge in [0.25, 0.3) is 0 Å². The van der Waals surface area contributed by atoms with E-state index in [1.54, 1.807) is 11.9 Å². The monoisotopic (exact) mass is 340 g/mol. The highest BCUT2D eigenvalue weighted by Crippen LogP contribution is 2.45. The first-order valence-electron chi connectivity index (χ1n) is 7.89. The molecule has 1 amide bonds. The highest BCUT2D eigenvalue weighted by Gasteiger charge is 2.51. The summed E-state index contributed by atoms with van der Waals surface area (Å²) in [5.41, 5.74) is -0.308. The van der Waals surface area contributed by atoms with Crippen molar-refractivity contribution in [2.45, 2.75) is 45.9 Å². The van der Waals surface area contributed by atoms with Crippen molar-refractivity contribution in [1.82, 2.24) is 9.88 Å². The molecule has 8 nitrogen and oxygen atoms in total. The van der Waals surface area contributed by atoms with E-state index >= 15 is 0 Å². The van der Waals surface area contributed by atoms with Gasteiger partial charge in [-0.2, -0.15) is 0 Å². The molecule has 1 aromatic heterocycles. The second-order valence-electron chi connectivity index (χ2n) is 6.44. The van der Waals surface area contributed by atoms with Gasteiger partial charge >= 0.3 is 5.97 Å². The fourth-order valence-electron chi connectivity index (χ4n) is 3.06. The molecule has 1 N–H and O–H groups in total. The number of carbonyl (C=O) groups excluding carboxylic acids is 1. The quantitative estimate of drug-likeness (QED) is 0.766. The van der Waals surface area contributed by atoms with E-state index in [-0.39, 0.29) is 48.1 Å². The Labute approximate surface area is 140 Å². The molecule has 1 aliphatic carbocycles. The third-order valence-corrected chi connectivity index (χ3v) is 4.66. The first-order valence-corrected chi connectivity index (χ1v) is 7.89. The molecule has 0 saturated heterocycles. The summed E-state index contributed by atoms with van der Waals surface area (Å²) in [6.45, 7) is 6.52. The van der Waals surface area contributed by atoms with Crippen molar-refractivity contribution in [2.75, 3.05) is 20.3 Å². The molecule has 0 aromatic carbocycles. The van der Waals surface area contributed by atoms with Crippen LogP contribution in [0.1, 0.15) is 43.4 Å². The van der Waals surface area contributed by atoms with Gasteiger partial charge in [0, 0.05) is 25.1 Å². The van der Waals surface area contributed by atoms with Gasteiger partial charge in [-0.05, 0) is 13.3 Å². The third-order valence-electron chi connectivity index (χ3n) is 4.66. The summed E-state index contributed by atoms with van der Waals surface area (Å²) in [5.74, 6) is -1.26. The molecule has 1 fully saturated rings. The maximum atomic E-state index is 12.3. The predicted octanol–water partition coefficient (Wildman–Crippen LogP) is 1.55. The Morgan fingerprint density at radius 3 is 2.79 bits per heavy atom. The molecular formula is C16H24N2O6. The maximum absolute atomic E-state index is 12.3. The first kappa shape index (κ1) is 18.4. The smallest absolute Gasteiger partial charge is 0.358 e. The van der Waals surface area contributed by atoms with Gasteiger partial charge in [0.1, 0.15) is 13.2 Å². The van der Waals surface area contributed by atoms with Crippen LogP contribution in [0.25, 0.3) is 0 Å². The molecular weight excluding hydrogens is 316 g/mol. The van der Waals surface area contributed by atoms with Crippen LogP contribution in [-0.4, -0.2) is 59.3 Å². The minimum atomic E-state index is -1.19. The van der Waals surface area contributed by atoms with Crippen LogP contribution in [0.4, 0.5) is 0 Å². The van der Waals surface area contributed by atoms with Crippen LogP contribution < -0.4 is 0 Å². The zero-order valence-corrected chi connectivity index (χ0v) is 14.4. The second kappa shape index (κ2) is 7.31. The predicted molar refractivity (Wildman–Crippen MR) is 83.5 cm³/mol. The maximum Gasteiger partial charge on any atom is 0.358 e. The van der Waals surface area contributed by atoms with E-state index in [0.29, 0.717) is 6.61 Å². The summed E-state index contributed by atoms with van der Waals surface area (Å²) in [7, 11) is 1.75. The molecule has 0 radical (unpaired) electrons. The number of carboxylic acid groups (broad SMARTS) is 1. The number of rotatable bonds is 8. The number of aromatic carboxylic acids is 1. The van der Waals surface area contributed by atoms with Gasteiger partial charge in [-0.25, -0.2) is 9.78 Å². The number of carbonyl (C=O) groups is 2. The van der Waals surface area contributed by atoms with E-state index in [0.717, 1.165) is 12.8 Å². The summed E-state index contributed by atoms with van der Waals surface area (Å²) in [4.78, 5) is 28.5. The lowest BCUT2D eigenvalue weighted by Crippen LogP contribution is -2.62. The van der Waals surface area contributed by atoms with Crippen LogP contribution in [0, 0.1) is 5.41 Å². The standard InChI is InChI=1S/C16H24N2O6/c1-5-23-12-6-11(16(12,2)3)18(4)13(19)8-22-7-10-14(15(20)21)17-9-24-10/h9,11-12H,5-8H2,1-4H3,(H,20,21). The number of amides is 1. The molecule has 1 saturated carbocycles. The molecule has 0 bridgehead atoms. The summed E-state index contributed by atoms with van der Waals surface area (Å²) in [6.07, 6.45) is 1.99. The van der Waals surface area contributed by atoms with Crippen LogP contribution in [0.5, 0.6) is 0 Å². The van der Waals surface area contributed by atoms with E-state index in [1.807, 2.05) is 6.92 Å². The molecule has 0 aliphatic heterocycles. The van der Waals surface area contributed by atoms with Crippen LogP contribution in [-0.2, 0) is 20.9 Å². The number of aromatic nitrogens is 1. The van der Waals surface area contributed by atoms with Crippen LogP contribution in [0.3, 0.4) is 0 Å². The van der Waals surface area contributed by atoms with Crippen molar-refractivity contribution in [3.8, 4) is 0 Å². The highest BCUT2D eigenvalue weighted by molar-refractivity contribution is 5.86. The summed E-state index contributed by atoms with van der Waals surface area (Å²) in [6, 6.07) is 0.0880. The van der Waals surface area contributed by atoms with Crippen LogP contribution >= 0.6 is 0 Å². The topological polar surface area (TPSA) is 102 Å². The first-order chi connectivity index (χ1) is 11.3. The molecule has 24 heavy (non-hydrogen) atoms. The Morgan fingerprint density at radius 2 is 2.21 bits per heavy atom. The normalized spacial score (nSPS) is 22.0. The molecule has 2 rings (SSSR count). The number of hydrogen-bond acceptors (Lipinski definition) is 6. The lowest BCUT2D eigenvalue weighted by molar-refractivity contribution is -0.166. The van der Waals surface area contributed by atoms with Gasteiger partial charge in [-0.1, -0.05) is 13.8 Å². The SMILES string of the molecule is CCOC1CC(N(C)C(=O)COCc2ocnc2C(=O)O)C1(C)C. The Bertz CT molecular complexity index is 597. The average Bonchev–Trinajstić information content (AvgIpc) is 2.99. The van der Waals surface area contributed by atoms with E-state index in [1.165, 1.54) is 0 Å². The summed E-state index contributed by atoms with van der Waals surface area (Å²) >= 11 is 0.